The lowest BCUT2D eigenvalue weighted by Crippen LogP contribution is -2.40. The number of nitrogens with zero attached hydrogens (tertiary/aromatic N) is 2. The van der Waals surface area contributed by atoms with Gasteiger partial charge in [0.25, 0.3) is 0 Å². The summed E-state index contributed by atoms with van der Waals surface area (Å²) in [7, 11) is -3.23. The molecule has 0 spiro atoms. The van der Waals surface area contributed by atoms with Crippen LogP contribution in [0.1, 0.15) is 46.5 Å². The fourth-order valence-corrected chi connectivity index (χ4v) is 4.61. The molecule has 0 N–H and O–H groups in total. The molecule has 2 heterocycles. The Hall–Kier alpha value is -1.83. The third kappa shape index (κ3) is 6.59. The molecular weight excluding hydrogens is 404 g/mol. The third-order valence-corrected chi connectivity index (χ3v) is 6.98. The topological polar surface area (TPSA) is 85.8 Å². The van der Waals surface area contributed by atoms with Gasteiger partial charge in [-0.1, -0.05) is 20.8 Å². The van der Waals surface area contributed by atoms with E-state index in [1.54, 1.807) is 6.07 Å². The number of aromatic nitrogens is 1. The number of carbonyl (C=O) groups is 1. The second-order valence-electron chi connectivity index (χ2n) is 9.84. The Kier molecular flexibility index (Phi) is 6.95. The molecule has 0 aromatic carbocycles. The van der Waals surface area contributed by atoms with Crippen LogP contribution in [0.15, 0.2) is 23.2 Å². The Bertz CT molecular complexity index is 824. The van der Waals surface area contributed by atoms with Gasteiger partial charge in [0.1, 0.15) is 0 Å². The van der Waals surface area contributed by atoms with E-state index in [0.29, 0.717) is 30.9 Å². The van der Waals surface area contributed by atoms with Gasteiger partial charge in [-0.25, -0.2) is 18.2 Å². The average molecular weight is 439 g/mol. The molecule has 7 nitrogen and oxygen atoms in total. The normalized spacial score (nSPS) is 22.6. The van der Waals surface area contributed by atoms with Crippen LogP contribution in [0, 0.1) is 23.2 Å². The van der Waals surface area contributed by atoms with Crippen LogP contribution in [0.3, 0.4) is 0 Å². The molecule has 3 rings (SSSR count). The Labute approximate surface area is 180 Å². The second kappa shape index (κ2) is 9.12. The van der Waals surface area contributed by atoms with Crippen molar-refractivity contribution in [3.63, 3.8) is 0 Å². The minimum atomic E-state index is -3.23. The molecule has 168 valence electrons. The third-order valence-electron chi connectivity index (χ3n) is 5.89. The summed E-state index contributed by atoms with van der Waals surface area (Å²) >= 11 is 0. The van der Waals surface area contributed by atoms with Crippen LogP contribution in [-0.2, 0) is 14.6 Å². The van der Waals surface area contributed by atoms with Crippen LogP contribution in [0.4, 0.5) is 4.79 Å². The molecule has 1 amide bonds. The Balaban J connectivity index is 1.33. The number of likely N-dealkylation sites (tertiary alicyclic amines) is 1. The highest BCUT2D eigenvalue weighted by atomic mass is 32.2. The lowest BCUT2D eigenvalue weighted by Gasteiger charge is -2.32. The maximum absolute atomic E-state index is 12.2. The van der Waals surface area contributed by atoms with Gasteiger partial charge in [-0.15, -0.1) is 0 Å². The first-order valence-corrected chi connectivity index (χ1v) is 12.6. The molecular formula is C22H34N2O5S. The first-order valence-electron chi connectivity index (χ1n) is 10.7. The van der Waals surface area contributed by atoms with E-state index in [4.69, 9.17) is 9.47 Å². The molecule has 8 heteroatoms. The molecule has 1 aromatic rings. The minimum Gasteiger partial charge on any atom is -0.478 e. The van der Waals surface area contributed by atoms with Crippen molar-refractivity contribution in [2.75, 3.05) is 32.6 Å². The molecule has 1 aromatic heterocycles. The first kappa shape index (κ1) is 22.8. The van der Waals surface area contributed by atoms with E-state index in [0.717, 1.165) is 44.5 Å². The number of ether oxygens (including phenoxy) is 2. The van der Waals surface area contributed by atoms with Gasteiger partial charge in [0.05, 0.1) is 18.1 Å². The second-order valence-corrected chi connectivity index (χ2v) is 11.9. The van der Waals surface area contributed by atoms with Crippen molar-refractivity contribution in [1.82, 2.24) is 9.88 Å². The maximum Gasteiger partial charge on any atom is 0.409 e. The number of hydrogen-bond acceptors (Lipinski definition) is 6. The summed E-state index contributed by atoms with van der Waals surface area (Å²) in [4.78, 5) is 18.3. The summed E-state index contributed by atoms with van der Waals surface area (Å²) in [5.41, 5.74) is -0.0114. The molecule has 30 heavy (non-hydrogen) atoms. The van der Waals surface area contributed by atoms with E-state index in [1.807, 2.05) is 4.90 Å². The van der Waals surface area contributed by atoms with Gasteiger partial charge >= 0.3 is 6.09 Å². The number of pyridine rings is 1. The monoisotopic (exact) mass is 438 g/mol. The molecule has 1 saturated carbocycles. The van der Waals surface area contributed by atoms with Gasteiger partial charge in [-0.05, 0) is 54.9 Å². The summed E-state index contributed by atoms with van der Waals surface area (Å²) in [6.07, 6.45) is 6.61. The van der Waals surface area contributed by atoms with Gasteiger partial charge in [0.15, 0.2) is 9.84 Å². The largest absolute Gasteiger partial charge is 0.478 e. The zero-order valence-corrected chi connectivity index (χ0v) is 19.3. The Morgan fingerprint density at radius 3 is 2.50 bits per heavy atom. The molecule has 2 fully saturated rings. The number of sulfone groups is 1. The van der Waals surface area contributed by atoms with E-state index >= 15 is 0 Å². The number of rotatable bonds is 7. The van der Waals surface area contributed by atoms with Gasteiger partial charge < -0.3 is 14.4 Å². The van der Waals surface area contributed by atoms with Crippen molar-refractivity contribution in [2.24, 2.45) is 23.2 Å². The fraction of sp³-hybridized carbons (Fsp3) is 0.727. The van der Waals surface area contributed by atoms with Gasteiger partial charge in [0.2, 0.25) is 5.88 Å². The highest BCUT2D eigenvalue weighted by Gasteiger charge is 2.43. The number of piperidine rings is 1. The van der Waals surface area contributed by atoms with E-state index in [1.165, 1.54) is 18.7 Å². The molecule has 2 atom stereocenters. The minimum absolute atomic E-state index is 0.0114. The standard InChI is InChI=1S/C22H34N2O5S/c1-22(2,3)15-29-21(25)24-10-7-16(8-11-24)19-13-17(19)9-12-28-20-6-5-18(14-23-20)30(4,26)27/h5-6,14,16-17,19H,7-13,15H2,1-4H3/t17-,19-/m1/s1. The van der Waals surface area contributed by atoms with Crippen molar-refractivity contribution >= 4 is 15.9 Å². The van der Waals surface area contributed by atoms with Crippen LogP contribution in [0.2, 0.25) is 0 Å². The predicted molar refractivity (Wildman–Crippen MR) is 114 cm³/mol. The zero-order chi connectivity index (χ0) is 21.9. The van der Waals surface area contributed by atoms with Crippen molar-refractivity contribution in [1.29, 1.82) is 0 Å². The lowest BCUT2D eigenvalue weighted by atomic mass is 9.90. The predicted octanol–water partition coefficient (Wildman–Crippen LogP) is 3.78. The highest BCUT2D eigenvalue weighted by Crippen LogP contribution is 2.49. The van der Waals surface area contributed by atoms with Crippen LogP contribution in [-0.4, -0.2) is 57.0 Å². The van der Waals surface area contributed by atoms with Gasteiger partial charge in [0, 0.05) is 31.6 Å². The Morgan fingerprint density at radius 1 is 1.23 bits per heavy atom. The maximum atomic E-state index is 12.2. The van der Waals surface area contributed by atoms with Gasteiger partial charge in [-0.3, -0.25) is 0 Å². The van der Waals surface area contributed by atoms with E-state index in [9.17, 15) is 13.2 Å². The molecule has 0 radical (unpaired) electrons. The van der Waals surface area contributed by atoms with Gasteiger partial charge in [-0.2, -0.15) is 0 Å². The smallest absolute Gasteiger partial charge is 0.409 e. The zero-order valence-electron chi connectivity index (χ0n) is 18.5. The van der Waals surface area contributed by atoms with E-state index in [2.05, 4.69) is 25.8 Å². The molecule has 1 saturated heterocycles. The summed E-state index contributed by atoms with van der Waals surface area (Å²) in [5, 5.41) is 0. The fourth-order valence-electron chi connectivity index (χ4n) is 4.05. The summed E-state index contributed by atoms with van der Waals surface area (Å²) in [6, 6.07) is 3.13. The number of hydrogen-bond donors (Lipinski definition) is 0. The summed E-state index contributed by atoms with van der Waals surface area (Å²) in [6.45, 7) is 8.78. The lowest BCUT2D eigenvalue weighted by molar-refractivity contribution is 0.0602. The summed E-state index contributed by atoms with van der Waals surface area (Å²) in [5.74, 6) is 2.53. The average Bonchev–Trinajstić information content (AvgIpc) is 3.45. The van der Waals surface area contributed by atoms with Crippen molar-refractivity contribution in [2.45, 2.75) is 51.3 Å². The van der Waals surface area contributed by atoms with Crippen LogP contribution in [0.5, 0.6) is 5.88 Å². The van der Waals surface area contributed by atoms with Crippen molar-refractivity contribution in [3.8, 4) is 5.88 Å². The quantitative estimate of drug-likeness (QED) is 0.644. The van der Waals surface area contributed by atoms with Crippen molar-refractivity contribution in [3.05, 3.63) is 18.3 Å². The first-order chi connectivity index (χ1) is 14.0. The molecule has 2 aliphatic rings. The van der Waals surface area contributed by atoms with Crippen LogP contribution >= 0.6 is 0 Å². The molecule has 1 aliphatic heterocycles. The van der Waals surface area contributed by atoms with E-state index in [-0.39, 0.29) is 16.4 Å². The SMILES string of the molecule is CC(C)(C)COC(=O)N1CCC([C@H]2C[C@H]2CCOc2ccc(S(C)(=O)=O)cn2)CC1. The highest BCUT2D eigenvalue weighted by molar-refractivity contribution is 7.90. The molecule has 0 unspecified atom stereocenters. The van der Waals surface area contributed by atoms with Crippen LogP contribution < -0.4 is 4.74 Å². The van der Waals surface area contributed by atoms with Crippen molar-refractivity contribution < 1.29 is 22.7 Å². The number of amides is 1. The van der Waals surface area contributed by atoms with Crippen LogP contribution in [0.25, 0.3) is 0 Å². The molecule has 1 aliphatic carbocycles. The number of carbonyl (C=O) groups excluding carboxylic acids is 1. The molecule has 0 bridgehead atoms. The summed E-state index contributed by atoms with van der Waals surface area (Å²) < 4.78 is 34.0. The van der Waals surface area contributed by atoms with E-state index < -0.39 is 9.84 Å². The Morgan fingerprint density at radius 2 is 1.93 bits per heavy atom.